The van der Waals surface area contributed by atoms with Crippen molar-refractivity contribution in [2.75, 3.05) is 56.4 Å². The topological polar surface area (TPSA) is 131 Å². The summed E-state index contributed by atoms with van der Waals surface area (Å²) in [7, 11) is 0. The van der Waals surface area contributed by atoms with Crippen LogP contribution in [0.25, 0.3) is 0 Å². The quantitative estimate of drug-likeness (QED) is 0.466. The molecule has 0 bridgehead atoms. The number of anilines is 2. The highest BCUT2D eigenvalue weighted by atomic mass is 16.2. The summed E-state index contributed by atoms with van der Waals surface area (Å²) in [6.07, 6.45) is 0.639. The molecule has 1 atom stereocenters. The van der Waals surface area contributed by atoms with E-state index in [0.29, 0.717) is 50.6 Å². The molecule has 1 aromatic carbocycles. The van der Waals surface area contributed by atoms with Crippen molar-refractivity contribution in [3.05, 3.63) is 24.3 Å². The summed E-state index contributed by atoms with van der Waals surface area (Å²) < 4.78 is 0. The minimum absolute atomic E-state index is 0.142. The zero-order valence-corrected chi connectivity index (χ0v) is 18.0. The van der Waals surface area contributed by atoms with E-state index < -0.39 is 11.9 Å². The fraction of sp³-hybridized carbons (Fsp3) is 0.476. The molecule has 2 aliphatic rings. The van der Waals surface area contributed by atoms with Gasteiger partial charge in [-0.2, -0.15) is 0 Å². The number of hydrogen-bond acceptors (Lipinski definition) is 6. The first kappa shape index (κ1) is 23.2. The fourth-order valence-corrected chi connectivity index (χ4v) is 3.75. The molecule has 2 aliphatic heterocycles. The average Bonchev–Trinajstić information content (AvgIpc) is 2.76. The molecule has 11 nitrogen and oxygen atoms in total. The second-order valence-corrected chi connectivity index (χ2v) is 7.82. The van der Waals surface area contributed by atoms with Crippen LogP contribution in [0.4, 0.5) is 11.4 Å². The molecule has 2 heterocycles. The molecule has 0 radical (unpaired) electrons. The lowest BCUT2D eigenvalue weighted by atomic mass is 10.1. The van der Waals surface area contributed by atoms with Crippen molar-refractivity contribution in [1.29, 1.82) is 0 Å². The van der Waals surface area contributed by atoms with Crippen LogP contribution in [0.15, 0.2) is 24.3 Å². The van der Waals surface area contributed by atoms with Gasteiger partial charge in [-0.05, 0) is 24.3 Å². The van der Waals surface area contributed by atoms with Gasteiger partial charge >= 0.3 is 0 Å². The maximum Gasteiger partial charge on any atom is 0.243 e. The standard InChI is InChI=1S/C21H28N6O5/c1-15(29)23-16-2-4-17(5-3-16)24-19(30)12-18-21(32)22-6-7-27(18)20(31)13-25-8-10-26(14-28)11-9-25/h2-5,14,18H,6-13H2,1H3,(H,22,32)(H,23,29)(H,24,30)/t18-/m1/s1. The minimum Gasteiger partial charge on any atom is -0.353 e. The van der Waals surface area contributed by atoms with E-state index in [0.717, 1.165) is 6.41 Å². The van der Waals surface area contributed by atoms with Gasteiger partial charge in [0, 0.05) is 57.6 Å². The van der Waals surface area contributed by atoms with Gasteiger partial charge in [0.2, 0.25) is 30.0 Å². The molecule has 0 unspecified atom stereocenters. The maximum atomic E-state index is 12.9. The number of benzene rings is 1. The summed E-state index contributed by atoms with van der Waals surface area (Å²) in [6, 6.07) is 5.72. The van der Waals surface area contributed by atoms with Crippen LogP contribution in [0.1, 0.15) is 13.3 Å². The second-order valence-electron chi connectivity index (χ2n) is 7.82. The SMILES string of the molecule is CC(=O)Nc1ccc(NC(=O)C[C@@H]2C(=O)NCCN2C(=O)CN2CCN(C=O)CC2)cc1. The first-order valence-electron chi connectivity index (χ1n) is 10.5. The van der Waals surface area contributed by atoms with E-state index in [4.69, 9.17) is 0 Å². The Morgan fingerprint density at radius 2 is 1.66 bits per heavy atom. The fourth-order valence-electron chi connectivity index (χ4n) is 3.75. The molecule has 1 aromatic rings. The first-order chi connectivity index (χ1) is 15.4. The Balaban J connectivity index is 1.57. The Labute approximate surface area is 186 Å². The summed E-state index contributed by atoms with van der Waals surface area (Å²) in [4.78, 5) is 64.9. The van der Waals surface area contributed by atoms with Gasteiger partial charge < -0.3 is 25.8 Å². The lowest BCUT2D eigenvalue weighted by molar-refractivity contribution is -0.145. The molecule has 3 N–H and O–H groups in total. The largest absolute Gasteiger partial charge is 0.353 e. The van der Waals surface area contributed by atoms with Gasteiger partial charge in [-0.3, -0.25) is 28.9 Å². The smallest absolute Gasteiger partial charge is 0.243 e. The monoisotopic (exact) mass is 444 g/mol. The number of carbonyl (C=O) groups excluding carboxylic acids is 5. The molecule has 32 heavy (non-hydrogen) atoms. The van der Waals surface area contributed by atoms with Crippen LogP contribution in [0.2, 0.25) is 0 Å². The molecule has 2 fully saturated rings. The average molecular weight is 444 g/mol. The lowest BCUT2D eigenvalue weighted by Gasteiger charge is -2.37. The predicted octanol–water partition coefficient (Wildman–Crippen LogP) is -0.925. The third-order valence-corrected chi connectivity index (χ3v) is 5.43. The number of nitrogens with one attached hydrogen (secondary N) is 3. The highest BCUT2D eigenvalue weighted by molar-refractivity contribution is 5.98. The molecule has 0 spiro atoms. The van der Waals surface area contributed by atoms with E-state index in [1.54, 1.807) is 29.2 Å². The van der Waals surface area contributed by atoms with E-state index in [1.807, 2.05) is 4.90 Å². The van der Waals surface area contributed by atoms with Crippen LogP contribution in [0.5, 0.6) is 0 Å². The number of carbonyl (C=O) groups is 5. The number of nitrogens with zero attached hydrogens (tertiary/aromatic N) is 3. The molecule has 3 rings (SSSR count). The van der Waals surface area contributed by atoms with Gasteiger partial charge in [0.05, 0.1) is 13.0 Å². The third kappa shape index (κ3) is 6.27. The van der Waals surface area contributed by atoms with E-state index in [2.05, 4.69) is 16.0 Å². The third-order valence-electron chi connectivity index (χ3n) is 5.43. The number of hydrogen-bond donors (Lipinski definition) is 3. The van der Waals surface area contributed by atoms with Crippen LogP contribution in [-0.4, -0.2) is 96.6 Å². The molecule has 0 aromatic heterocycles. The normalized spacial score (nSPS) is 19.2. The maximum absolute atomic E-state index is 12.9. The van der Waals surface area contributed by atoms with Crippen molar-refractivity contribution < 1.29 is 24.0 Å². The molecule has 2 saturated heterocycles. The summed E-state index contributed by atoms with van der Waals surface area (Å²) in [5.41, 5.74) is 1.12. The molecule has 172 valence electrons. The predicted molar refractivity (Wildman–Crippen MR) is 117 cm³/mol. The Morgan fingerprint density at radius 3 is 2.25 bits per heavy atom. The molecule has 0 aliphatic carbocycles. The van der Waals surface area contributed by atoms with E-state index >= 15 is 0 Å². The molecule has 5 amide bonds. The molecule has 11 heteroatoms. The highest BCUT2D eigenvalue weighted by Gasteiger charge is 2.35. The second kappa shape index (κ2) is 10.7. The molecule has 0 saturated carbocycles. The van der Waals surface area contributed by atoms with Gasteiger partial charge in [0.1, 0.15) is 6.04 Å². The van der Waals surface area contributed by atoms with Crippen molar-refractivity contribution in [2.24, 2.45) is 0 Å². The van der Waals surface area contributed by atoms with Gasteiger partial charge in [0.25, 0.3) is 0 Å². The van der Waals surface area contributed by atoms with Crippen LogP contribution >= 0.6 is 0 Å². The van der Waals surface area contributed by atoms with Crippen molar-refractivity contribution in [3.63, 3.8) is 0 Å². The van der Waals surface area contributed by atoms with Gasteiger partial charge in [0.15, 0.2) is 0 Å². The van der Waals surface area contributed by atoms with E-state index in [-0.39, 0.29) is 30.7 Å². The lowest BCUT2D eigenvalue weighted by Crippen LogP contribution is -2.60. The Hall–Kier alpha value is -3.47. The summed E-state index contributed by atoms with van der Waals surface area (Å²) in [5.74, 6) is -1.15. The zero-order valence-electron chi connectivity index (χ0n) is 18.0. The molecular formula is C21H28N6O5. The Bertz CT molecular complexity index is 866. The number of rotatable bonds is 7. The zero-order chi connectivity index (χ0) is 23.1. The Kier molecular flexibility index (Phi) is 7.77. The van der Waals surface area contributed by atoms with Crippen LogP contribution in [0.3, 0.4) is 0 Å². The van der Waals surface area contributed by atoms with Crippen LogP contribution in [-0.2, 0) is 24.0 Å². The van der Waals surface area contributed by atoms with Crippen LogP contribution in [0, 0.1) is 0 Å². The van der Waals surface area contributed by atoms with Crippen LogP contribution < -0.4 is 16.0 Å². The Morgan fingerprint density at radius 1 is 1.03 bits per heavy atom. The summed E-state index contributed by atoms with van der Waals surface area (Å²) >= 11 is 0. The van der Waals surface area contributed by atoms with Crippen molar-refractivity contribution in [2.45, 2.75) is 19.4 Å². The van der Waals surface area contributed by atoms with Gasteiger partial charge in [-0.15, -0.1) is 0 Å². The van der Waals surface area contributed by atoms with Crippen molar-refractivity contribution in [3.8, 4) is 0 Å². The van der Waals surface area contributed by atoms with E-state index in [1.165, 1.54) is 11.8 Å². The number of amides is 5. The van der Waals surface area contributed by atoms with Gasteiger partial charge in [-0.1, -0.05) is 0 Å². The van der Waals surface area contributed by atoms with Crippen molar-refractivity contribution in [1.82, 2.24) is 20.0 Å². The molecular weight excluding hydrogens is 416 g/mol. The van der Waals surface area contributed by atoms with Gasteiger partial charge in [-0.25, -0.2) is 0 Å². The van der Waals surface area contributed by atoms with E-state index in [9.17, 15) is 24.0 Å². The summed E-state index contributed by atoms with van der Waals surface area (Å²) in [5, 5.41) is 8.08. The van der Waals surface area contributed by atoms with Crippen molar-refractivity contribution >= 4 is 41.4 Å². The minimum atomic E-state index is -0.883. The highest BCUT2D eigenvalue weighted by Crippen LogP contribution is 2.16. The number of piperazine rings is 2. The summed E-state index contributed by atoms with van der Waals surface area (Å²) in [6.45, 7) is 4.52. The first-order valence-corrected chi connectivity index (χ1v) is 10.5.